The summed E-state index contributed by atoms with van der Waals surface area (Å²) in [5.41, 5.74) is 2.03. The van der Waals surface area contributed by atoms with E-state index < -0.39 is 37.1 Å². The van der Waals surface area contributed by atoms with E-state index in [4.69, 9.17) is 16.3 Å². The lowest BCUT2D eigenvalue weighted by Crippen LogP contribution is -2.55. The normalized spacial score (nSPS) is 28.4. The van der Waals surface area contributed by atoms with Crippen LogP contribution in [0.2, 0.25) is 4.34 Å². The van der Waals surface area contributed by atoms with Crippen molar-refractivity contribution in [2.24, 2.45) is 0 Å². The lowest BCUT2D eigenvalue weighted by molar-refractivity contribution is -0.230. The van der Waals surface area contributed by atoms with Crippen molar-refractivity contribution < 1.29 is 25.2 Å². The van der Waals surface area contributed by atoms with Gasteiger partial charge in [-0.2, -0.15) is 0 Å². The zero-order valence-corrected chi connectivity index (χ0v) is 17.2. The molecule has 0 aliphatic carbocycles. The number of aliphatic hydroxyl groups excluding tert-OH is 4. The zero-order valence-electron chi connectivity index (χ0n) is 14.8. The van der Waals surface area contributed by atoms with Gasteiger partial charge >= 0.3 is 0 Å². The summed E-state index contributed by atoms with van der Waals surface area (Å²) in [4.78, 5) is 1.88. The first-order valence-corrected chi connectivity index (χ1v) is 10.9. The molecule has 1 aliphatic rings. The smallest absolute Gasteiger partial charge is 0.121 e. The molecule has 1 saturated heterocycles. The van der Waals surface area contributed by atoms with Gasteiger partial charge in [0, 0.05) is 9.77 Å². The van der Waals surface area contributed by atoms with E-state index in [-0.39, 0.29) is 0 Å². The van der Waals surface area contributed by atoms with Gasteiger partial charge in [-0.25, -0.2) is 0 Å². The lowest BCUT2D eigenvalue weighted by atomic mass is 9.94. The van der Waals surface area contributed by atoms with Crippen LogP contribution in [0.25, 0.3) is 0 Å². The van der Waals surface area contributed by atoms with Crippen LogP contribution in [0.1, 0.15) is 29.0 Å². The number of hydrogen-bond acceptors (Lipinski definition) is 7. The molecular formula is C19H23ClO5S2. The third-order valence-electron chi connectivity index (χ3n) is 4.58. The van der Waals surface area contributed by atoms with Crippen molar-refractivity contribution in [3.63, 3.8) is 0 Å². The lowest BCUT2D eigenvalue weighted by Gasteiger charge is -2.39. The fraction of sp³-hybridized carbons (Fsp3) is 0.474. The highest BCUT2D eigenvalue weighted by molar-refractivity contribution is 7.99. The first-order valence-electron chi connectivity index (χ1n) is 8.75. The van der Waals surface area contributed by atoms with E-state index in [1.165, 1.54) is 16.2 Å². The minimum atomic E-state index is -1.39. The molecule has 5 nitrogen and oxygen atoms in total. The fourth-order valence-electron chi connectivity index (χ4n) is 3.11. The van der Waals surface area contributed by atoms with Gasteiger partial charge in [0.2, 0.25) is 0 Å². The number of benzene rings is 1. The highest BCUT2D eigenvalue weighted by Crippen LogP contribution is 2.39. The van der Waals surface area contributed by atoms with Crippen LogP contribution in [-0.2, 0) is 11.2 Å². The standard InChI is InChI=1S/C19H23ClO5S2/c1-2-26-12-5-3-10(4-6-12)7-11-8-14(27-19(11)20)18-17(24)16(23)15(22)13(9-21)25-18/h3-6,8,13,15-18,21-24H,2,7,9H2,1H3/t13?,15-,16?,17-,18?/m1/s1. The van der Waals surface area contributed by atoms with E-state index in [9.17, 15) is 20.4 Å². The second-order valence-electron chi connectivity index (χ2n) is 6.45. The number of thiophene rings is 1. The third-order valence-corrected chi connectivity index (χ3v) is 6.97. The number of rotatable bonds is 6. The Kier molecular flexibility index (Phi) is 7.21. The fourth-order valence-corrected chi connectivity index (χ4v) is 5.15. The van der Waals surface area contributed by atoms with Crippen LogP contribution in [-0.4, -0.2) is 57.2 Å². The van der Waals surface area contributed by atoms with Crippen molar-refractivity contribution in [1.29, 1.82) is 0 Å². The van der Waals surface area contributed by atoms with Gasteiger partial charge in [-0.1, -0.05) is 30.7 Å². The van der Waals surface area contributed by atoms with Gasteiger partial charge in [0.1, 0.15) is 30.5 Å². The Hall–Kier alpha value is -0.640. The Balaban J connectivity index is 1.77. The van der Waals surface area contributed by atoms with Crippen molar-refractivity contribution in [2.75, 3.05) is 12.4 Å². The van der Waals surface area contributed by atoms with Gasteiger partial charge in [0.25, 0.3) is 0 Å². The summed E-state index contributed by atoms with van der Waals surface area (Å²) in [5.74, 6) is 1.03. The molecular weight excluding hydrogens is 408 g/mol. The van der Waals surface area contributed by atoms with Crippen molar-refractivity contribution in [3.8, 4) is 0 Å². The first kappa shape index (κ1) is 21.1. The molecule has 1 aromatic carbocycles. The Bertz CT molecular complexity index is 749. The molecule has 148 valence electrons. The molecule has 0 spiro atoms. The van der Waals surface area contributed by atoms with Gasteiger partial charge in [-0.15, -0.1) is 23.1 Å². The average Bonchev–Trinajstić information content (AvgIpc) is 3.02. The molecule has 8 heteroatoms. The Morgan fingerprint density at radius 1 is 1.11 bits per heavy atom. The summed E-state index contributed by atoms with van der Waals surface area (Å²) in [5, 5.41) is 39.5. The predicted octanol–water partition coefficient (Wildman–Crippen LogP) is 2.62. The van der Waals surface area contributed by atoms with Crippen LogP contribution >= 0.6 is 34.7 Å². The molecule has 3 rings (SSSR count). The number of aliphatic hydroxyl groups is 4. The van der Waals surface area contributed by atoms with Gasteiger partial charge in [0.05, 0.1) is 10.9 Å². The molecule has 0 bridgehead atoms. The van der Waals surface area contributed by atoms with Gasteiger partial charge in [-0.05, 0) is 41.5 Å². The Morgan fingerprint density at radius 3 is 2.44 bits per heavy atom. The summed E-state index contributed by atoms with van der Waals surface area (Å²) < 4.78 is 6.21. The maximum absolute atomic E-state index is 10.3. The van der Waals surface area contributed by atoms with Gasteiger partial charge in [0.15, 0.2) is 0 Å². The SMILES string of the molecule is CCSc1ccc(Cc2cc(C3OC(CO)[C@@H](O)C(O)[C@H]3O)sc2Cl)cc1. The molecule has 2 aromatic rings. The maximum Gasteiger partial charge on any atom is 0.121 e. The number of ether oxygens (including phenoxy) is 1. The molecule has 1 aliphatic heterocycles. The van der Waals surface area contributed by atoms with Crippen LogP contribution in [0.3, 0.4) is 0 Å². The van der Waals surface area contributed by atoms with E-state index in [0.717, 1.165) is 16.9 Å². The van der Waals surface area contributed by atoms with E-state index >= 15 is 0 Å². The second-order valence-corrected chi connectivity index (χ2v) is 9.47. The molecule has 27 heavy (non-hydrogen) atoms. The number of halogens is 1. The molecule has 1 aromatic heterocycles. The zero-order chi connectivity index (χ0) is 19.6. The summed E-state index contributed by atoms with van der Waals surface area (Å²) in [7, 11) is 0. The van der Waals surface area contributed by atoms with Gasteiger partial charge < -0.3 is 25.2 Å². The van der Waals surface area contributed by atoms with Gasteiger partial charge in [-0.3, -0.25) is 0 Å². The monoisotopic (exact) mass is 430 g/mol. The van der Waals surface area contributed by atoms with E-state index in [2.05, 4.69) is 31.2 Å². The van der Waals surface area contributed by atoms with Crippen molar-refractivity contribution >= 4 is 34.7 Å². The third kappa shape index (κ3) is 4.68. The summed E-state index contributed by atoms with van der Waals surface area (Å²) in [6, 6.07) is 10.2. The summed E-state index contributed by atoms with van der Waals surface area (Å²) in [6.45, 7) is 1.67. The van der Waals surface area contributed by atoms with Crippen LogP contribution < -0.4 is 0 Å². The molecule has 3 unspecified atom stereocenters. The maximum atomic E-state index is 10.3. The molecule has 1 fully saturated rings. The molecule has 0 amide bonds. The molecule has 0 radical (unpaired) electrons. The highest BCUT2D eigenvalue weighted by Gasteiger charge is 2.44. The van der Waals surface area contributed by atoms with Crippen molar-refractivity contribution in [1.82, 2.24) is 0 Å². The number of thioether (sulfide) groups is 1. The number of hydrogen-bond donors (Lipinski definition) is 4. The van der Waals surface area contributed by atoms with E-state index in [1.54, 1.807) is 11.8 Å². The van der Waals surface area contributed by atoms with Crippen molar-refractivity contribution in [2.45, 2.75) is 48.8 Å². The minimum Gasteiger partial charge on any atom is -0.394 e. The molecule has 0 saturated carbocycles. The first-order chi connectivity index (χ1) is 12.9. The predicted molar refractivity (Wildman–Crippen MR) is 108 cm³/mol. The van der Waals surface area contributed by atoms with Crippen molar-refractivity contribution in [3.05, 3.63) is 50.7 Å². The topological polar surface area (TPSA) is 90.2 Å². The summed E-state index contributed by atoms with van der Waals surface area (Å²) in [6.07, 6.45) is -5.19. The van der Waals surface area contributed by atoms with Crippen LogP contribution in [0.5, 0.6) is 0 Å². The Morgan fingerprint density at radius 2 is 1.81 bits per heavy atom. The van der Waals surface area contributed by atoms with Crippen LogP contribution in [0, 0.1) is 0 Å². The molecule has 4 N–H and O–H groups in total. The molecule has 5 atom stereocenters. The van der Waals surface area contributed by atoms with E-state index in [0.29, 0.717) is 15.6 Å². The van der Waals surface area contributed by atoms with E-state index in [1.807, 2.05) is 6.07 Å². The second kappa shape index (κ2) is 9.24. The highest BCUT2D eigenvalue weighted by atomic mass is 35.5. The minimum absolute atomic E-state index is 0.449. The molecule has 2 heterocycles. The largest absolute Gasteiger partial charge is 0.394 e. The summed E-state index contributed by atoms with van der Waals surface area (Å²) >= 11 is 9.45. The van der Waals surface area contributed by atoms with Crippen LogP contribution in [0.4, 0.5) is 0 Å². The quantitative estimate of drug-likeness (QED) is 0.527. The Labute approximate surface area is 171 Å². The average molecular weight is 431 g/mol. The van der Waals surface area contributed by atoms with Crippen LogP contribution in [0.15, 0.2) is 35.2 Å².